The van der Waals surface area contributed by atoms with Gasteiger partial charge in [-0.3, -0.25) is 14.9 Å². The summed E-state index contributed by atoms with van der Waals surface area (Å²) in [6.45, 7) is 3.50. The second kappa shape index (κ2) is 11.4. The predicted octanol–water partition coefficient (Wildman–Crippen LogP) is 3.91. The summed E-state index contributed by atoms with van der Waals surface area (Å²) < 4.78 is 4.99. The number of carbonyl (C=O) groups is 2. The van der Waals surface area contributed by atoms with Crippen LogP contribution < -0.4 is 5.32 Å². The molecule has 0 aromatic heterocycles. The Kier molecular flexibility index (Phi) is 8.01. The largest absolute Gasteiger partial charge is 0.465 e. The Labute approximate surface area is 220 Å². The summed E-state index contributed by atoms with van der Waals surface area (Å²) in [5.74, 6) is -1.02. The zero-order valence-corrected chi connectivity index (χ0v) is 21.3. The number of β-amino-alcohol motifs (C(OH)–C–C–N with tert-alkyl or cyclic N) is 1. The highest BCUT2D eigenvalue weighted by atomic mass is 35.5. The third-order valence-corrected chi connectivity index (χ3v) is 6.06. The average Bonchev–Trinajstić information content (AvgIpc) is 3.26. The van der Waals surface area contributed by atoms with E-state index in [-0.39, 0.29) is 25.7 Å². The summed E-state index contributed by atoms with van der Waals surface area (Å²) >= 11 is 5.95. The summed E-state index contributed by atoms with van der Waals surface area (Å²) in [7, 11) is 0. The van der Waals surface area contributed by atoms with Crippen LogP contribution in [-0.4, -0.2) is 53.4 Å². The Bertz CT molecular complexity index is 1320. The first-order valence-electron chi connectivity index (χ1n) is 11.8. The molecule has 1 heterocycles. The minimum atomic E-state index is -1.51. The van der Waals surface area contributed by atoms with Crippen LogP contribution >= 0.6 is 11.6 Å². The number of hydrogen-bond acceptors (Lipinski definition) is 6. The van der Waals surface area contributed by atoms with E-state index >= 15 is 0 Å². The average molecular weight is 519 g/mol. The maximum absolute atomic E-state index is 13.0. The fourth-order valence-corrected chi connectivity index (χ4v) is 4.04. The lowest BCUT2D eigenvalue weighted by atomic mass is 9.86. The second-order valence-electron chi connectivity index (χ2n) is 8.50. The first kappa shape index (κ1) is 26.1. The third kappa shape index (κ3) is 6.04. The minimum absolute atomic E-state index is 0.00414. The summed E-state index contributed by atoms with van der Waals surface area (Å²) in [5.41, 5.74) is 1.64. The molecule has 0 aliphatic carbocycles. The molecule has 0 bridgehead atoms. The number of nitrogens with one attached hydrogen (secondary N) is 1. The molecule has 3 aromatic rings. The van der Waals surface area contributed by atoms with Crippen molar-refractivity contribution in [1.29, 1.82) is 0 Å². The third-order valence-electron chi connectivity index (χ3n) is 5.81. The van der Waals surface area contributed by atoms with Gasteiger partial charge in [0.15, 0.2) is 5.60 Å². The van der Waals surface area contributed by atoms with Gasteiger partial charge < -0.3 is 9.84 Å². The van der Waals surface area contributed by atoms with Crippen LogP contribution in [0.1, 0.15) is 34.0 Å². The molecule has 0 fully saturated rings. The molecule has 190 valence electrons. The quantitative estimate of drug-likeness (QED) is 0.292. The smallest absolute Gasteiger partial charge is 0.327 e. The molecular formula is C28H27ClN4O4. The van der Waals surface area contributed by atoms with Crippen LogP contribution in [0.5, 0.6) is 0 Å². The zero-order valence-electron chi connectivity index (χ0n) is 20.5. The van der Waals surface area contributed by atoms with Gasteiger partial charge in [0.25, 0.3) is 5.91 Å². The Hall–Kier alpha value is -4.01. The Morgan fingerprint density at radius 3 is 2.41 bits per heavy atom. The highest BCUT2D eigenvalue weighted by Gasteiger charge is 2.44. The van der Waals surface area contributed by atoms with Gasteiger partial charge in [0.05, 0.1) is 13.2 Å². The highest BCUT2D eigenvalue weighted by molar-refractivity contribution is 6.30. The lowest BCUT2D eigenvalue weighted by Gasteiger charge is -2.26. The van der Waals surface area contributed by atoms with Crippen molar-refractivity contribution in [1.82, 2.24) is 10.3 Å². The van der Waals surface area contributed by atoms with E-state index in [1.807, 2.05) is 61.5 Å². The minimum Gasteiger partial charge on any atom is -0.465 e. The molecule has 1 aliphatic heterocycles. The van der Waals surface area contributed by atoms with Crippen LogP contribution in [0.2, 0.25) is 5.02 Å². The van der Waals surface area contributed by atoms with Crippen molar-refractivity contribution in [2.45, 2.75) is 19.4 Å². The van der Waals surface area contributed by atoms with Crippen LogP contribution in [0.3, 0.4) is 0 Å². The number of halogens is 1. The van der Waals surface area contributed by atoms with E-state index in [1.165, 1.54) is 5.01 Å². The number of ether oxygens (including phenoxy) is 1. The molecule has 0 radical (unpaired) electrons. The molecule has 2 N–H and O–H groups in total. The fourth-order valence-electron chi connectivity index (χ4n) is 3.91. The van der Waals surface area contributed by atoms with Crippen LogP contribution in [0, 0.1) is 6.92 Å². The SMILES string of the molecule is CCOC(=O)CN=C(NC(=O)c1ccc(Cl)cc1)N1CC(O)(c2ccccc2)C(c2ccc(C)cc2)=N1. The molecule has 9 heteroatoms. The van der Waals surface area contributed by atoms with Crippen molar-refractivity contribution in [3.8, 4) is 0 Å². The summed E-state index contributed by atoms with van der Waals surface area (Å²) in [5, 5.41) is 21.3. The number of benzene rings is 3. The van der Waals surface area contributed by atoms with E-state index in [9.17, 15) is 14.7 Å². The number of esters is 1. The Morgan fingerprint density at radius 1 is 1.08 bits per heavy atom. The molecule has 0 saturated carbocycles. The number of nitrogens with zero attached hydrogens (tertiary/aromatic N) is 3. The number of carbonyl (C=O) groups excluding carboxylic acids is 2. The summed E-state index contributed by atoms with van der Waals surface area (Å²) in [6.07, 6.45) is 0. The van der Waals surface area contributed by atoms with Gasteiger partial charge in [-0.25, -0.2) is 10.0 Å². The van der Waals surface area contributed by atoms with E-state index < -0.39 is 17.5 Å². The van der Waals surface area contributed by atoms with Crippen molar-refractivity contribution in [2.24, 2.45) is 10.1 Å². The van der Waals surface area contributed by atoms with Gasteiger partial charge in [-0.2, -0.15) is 5.10 Å². The van der Waals surface area contributed by atoms with E-state index in [0.717, 1.165) is 5.56 Å². The topological polar surface area (TPSA) is 104 Å². The van der Waals surface area contributed by atoms with Crippen LogP contribution in [0.25, 0.3) is 0 Å². The van der Waals surface area contributed by atoms with Gasteiger partial charge in [-0.1, -0.05) is 71.8 Å². The van der Waals surface area contributed by atoms with Crippen molar-refractivity contribution in [2.75, 3.05) is 19.7 Å². The van der Waals surface area contributed by atoms with E-state index in [4.69, 9.17) is 16.3 Å². The maximum atomic E-state index is 13.0. The number of guanidine groups is 1. The molecule has 1 atom stereocenters. The number of aryl methyl sites for hydroxylation is 1. The Morgan fingerprint density at radius 2 is 1.76 bits per heavy atom. The van der Waals surface area contributed by atoms with Crippen LogP contribution in [-0.2, 0) is 15.1 Å². The number of aliphatic hydroxyl groups is 1. The van der Waals surface area contributed by atoms with Crippen molar-refractivity contribution in [3.05, 3.63) is 106 Å². The highest BCUT2D eigenvalue weighted by Crippen LogP contribution is 2.33. The first-order chi connectivity index (χ1) is 17.8. The molecule has 37 heavy (non-hydrogen) atoms. The molecule has 3 aromatic carbocycles. The van der Waals surface area contributed by atoms with Crippen molar-refractivity contribution >= 4 is 35.1 Å². The molecule has 0 spiro atoms. The molecule has 8 nitrogen and oxygen atoms in total. The van der Waals surface area contributed by atoms with Gasteiger partial charge in [-0.05, 0) is 43.7 Å². The van der Waals surface area contributed by atoms with Crippen LogP contribution in [0.4, 0.5) is 0 Å². The molecule has 4 rings (SSSR count). The molecule has 1 amide bonds. The monoisotopic (exact) mass is 518 g/mol. The van der Waals surface area contributed by atoms with E-state index in [0.29, 0.717) is 27.4 Å². The van der Waals surface area contributed by atoms with Gasteiger partial charge in [0.2, 0.25) is 5.96 Å². The number of hydrazone groups is 1. The van der Waals surface area contributed by atoms with E-state index in [2.05, 4.69) is 15.4 Å². The molecule has 1 unspecified atom stereocenters. The summed E-state index contributed by atoms with van der Waals surface area (Å²) in [4.78, 5) is 29.4. The van der Waals surface area contributed by atoms with E-state index in [1.54, 1.807) is 31.2 Å². The lowest BCUT2D eigenvalue weighted by molar-refractivity contribution is -0.141. The lowest BCUT2D eigenvalue weighted by Crippen LogP contribution is -2.45. The molecular weight excluding hydrogens is 492 g/mol. The van der Waals surface area contributed by atoms with Gasteiger partial charge in [-0.15, -0.1) is 0 Å². The van der Waals surface area contributed by atoms with Gasteiger partial charge in [0.1, 0.15) is 12.3 Å². The molecule has 1 aliphatic rings. The summed E-state index contributed by atoms with van der Waals surface area (Å²) in [6, 6.07) is 23.1. The second-order valence-corrected chi connectivity index (χ2v) is 8.94. The number of rotatable bonds is 6. The van der Waals surface area contributed by atoms with Gasteiger partial charge >= 0.3 is 5.97 Å². The number of aliphatic imine (C=N–C) groups is 1. The van der Waals surface area contributed by atoms with Crippen LogP contribution in [0.15, 0.2) is 89.0 Å². The normalized spacial score (nSPS) is 17.4. The van der Waals surface area contributed by atoms with Crippen molar-refractivity contribution in [3.63, 3.8) is 0 Å². The first-order valence-corrected chi connectivity index (χ1v) is 12.2. The Balaban J connectivity index is 1.73. The van der Waals surface area contributed by atoms with Crippen molar-refractivity contribution < 1.29 is 19.4 Å². The number of hydrogen-bond donors (Lipinski definition) is 2. The predicted molar refractivity (Wildman–Crippen MR) is 143 cm³/mol. The molecule has 0 saturated heterocycles. The standard InChI is InChI=1S/C28H27ClN4O4/c1-3-37-24(34)17-30-27(31-26(35)21-13-15-23(29)16-14-21)33-18-28(36,22-7-5-4-6-8-22)25(32-33)20-11-9-19(2)10-12-20/h4-16,36H,3,17-18H2,1-2H3,(H,30,31,35). The zero-order chi connectivity index (χ0) is 26.4. The fraction of sp³-hybridized carbons (Fsp3) is 0.214. The van der Waals surface area contributed by atoms with Gasteiger partial charge in [0, 0.05) is 16.1 Å². The maximum Gasteiger partial charge on any atom is 0.327 e. The number of amides is 1.